The molecule has 1 aromatic heterocycles. The Morgan fingerprint density at radius 3 is 2.58 bits per heavy atom. The van der Waals surface area contributed by atoms with Crippen molar-refractivity contribution in [3.8, 4) is 11.3 Å². The first-order valence-corrected chi connectivity index (χ1v) is 8.56. The summed E-state index contributed by atoms with van der Waals surface area (Å²) < 4.78 is 5.16. The van der Waals surface area contributed by atoms with Crippen LogP contribution in [-0.4, -0.2) is 30.0 Å². The van der Waals surface area contributed by atoms with E-state index in [1.807, 2.05) is 30.3 Å². The van der Waals surface area contributed by atoms with Gasteiger partial charge in [0.25, 0.3) is 5.91 Å². The van der Waals surface area contributed by atoms with Crippen molar-refractivity contribution in [3.05, 3.63) is 65.2 Å². The Labute approximate surface area is 156 Å². The fourth-order valence-electron chi connectivity index (χ4n) is 2.57. The summed E-state index contributed by atoms with van der Waals surface area (Å²) in [6.07, 6.45) is 0. The molecular formula is C20H17ClN2O3. The van der Waals surface area contributed by atoms with Gasteiger partial charge in [-0.2, -0.15) is 0 Å². The Morgan fingerprint density at radius 1 is 1.12 bits per heavy atom. The average Bonchev–Trinajstić information content (AvgIpc) is 2.66. The van der Waals surface area contributed by atoms with Crippen LogP contribution >= 0.6 is 11.6 Å². The summed E-state index contributed by atoms with van der Waals surface area (Å²) in [7, 11) is 0. The van der Waals surface area contributed by atoms with Gasteiger partial charge in [-0.15, -0.1) is 0 Å². The second-order valence-corrected chi connectivity index (χ2v) is 6.05. The van der Waals surface area contributed by atoms with E-state index >= 15 is 0 Å². The predicted octanol–water partition coefficient (Wildman–Crippen LogP) is 3.85. The molecule has 0 aliphatic rings. The van der Waals surface area contributed by atoms with Gasteiger partial charge in [-0.25, -0.2) is 9.78 Å². The van der Waals surface area contributed by atoms with Gasteiger partial charge in [0.05, 0.1) is 16.8 Å². The normalized spacial score (nSPS) is 10.5. The molecule has 1 heterocycles. The molecule has 0 radical (unpaired) electrons. The van der Waals surface area contributed by atoms with Gasteiger partial charge in [-0.3, -0.25) is 4.79 Å². The first-order valence-electron chi connectivity index (χ1n) is 8.18. The second-order valence-electron chi connectivity index (χ2n) is 5.61. The van der Waals surface area contributed by atoms with Crippen LogP contribution in [-0.2, 0) is 9.53 Å². The van der Waals surface area contributed by atoms with Crippen molar-refractivity contribution in [1.29, 1.82) is 0 Å². The lowest BCUT2D eigenvalue weighted by atomic mass is 10.0. The summed E-state index contributed by atoms with van der Waals surface area (Å²) in [4.78, 5) is 28.7. The standard InChI is InChI=1S/C20H17ClN2O3/c1-2-22-19(24)12-26-20(25)16-11-18(13-7-9-14(21)10-8-13)23-17-6-4-3-5-15(16)17/h3-11H,2,12H2,1H3,(H,22,24). The molecule has 3 rings (SSSR count). The van der Waals surface area contributed by atoms with E-state index in [1.54, 1.807) is 31.2 Å². The van der Waals surface area contributed by atoms with Crippen molar-refractivity contribution in [2.24, 2.45) is 0 Å². The van der Waals surface area contributed by atoms with E-state index in [1.165, 1.54) is 0 Å². The third-order valence-corrected chi connectivity index (χ3v) is 4.04. The maximum absolute atomic E-state index is 12.6. The minimum atomic E-state index is -0.565. The Kier molecular flexibility index (Phi) is 5.49. The molecule has 5 nitrogen and oxygen atoms in total. The SMILES string of the molecule is CCNC(=O)COC(=O)c1cc(-c2ccc(Cl)cc2)nc2ccccc12. The second kappa shape index (κ2) is 7.97. The van der Waals surface area contributed by atoms with Crippen LogP contribution in [0.5, 0.6) is 0 Å². The number of nitrogens with zero attached hydrogens (tertiary/aromatic N) is 1. The number of amides is 1. The van der Waals surface area contributed by atoms with E-state index in [9.17, 15) is 9.59 Å². The number of halogens is 1. The average molecular weight is 369 g/mol. The molecule has 6 heteroatoms. The lowest BCUT2D eigenvalue weighted by Gasteiger charge is -2.10. The number of hydrogen-bond donors (Lipinski definition) is 1. The molecule has 132 valence electrons. The Balaban J connectivity index is 1.98. The smallest absolute Gasteiger partial charge is 0.339 e. The number of esters is 1. The number of ether oxygens (including phenoxy) is 1. The Bertz CT molecular complexity index is 955. The van der Waals surface area contributed by atoms with Crippen LogP contribution in [0.4, 0.5) is 0 Å². The molecule has 0 unspecified atom stereocenters. The molecule has 1 amide bonds. The minimum Gasteiger partial charge on any atom is -0.452 e. The van der Waals surface area contributed by atoms with Gasteiger partial charge in [0, 0.05) is 22.5 Å². The summed E-state index contributed by atoms with van der Waals surface area (Å²) in [6.45, 7) is 1.96. The zero-order valence-corrected chi connectivity index (χ0v) is 14.9. The highest BCUT2D eigenvalue weighted by Crippen LogP contribution is 2.26. The van der Waals surface area contributed by atoms with E-state index in [4.69, 9.17) is 16.3 Å². The highest BCUT2D eigenvalue weighted by molar-refractivity contribution is 6.30. The number of carbonyl (C=O) groups is 2. The number of benzene rings is 2. The highest BCUT2D eigenvalue weighted by Gasteiger charge is 2.16. The quantitative estimate of drug-likeness (QED) is 0.694. The molecule has 0 spiro atoms. The number of nitrogens with one attached hydrogen (secondary N) is 1. The van der Waals surface area contributed by atoms with E-state index in [0.717, 1.165) is 5.56 Å². The van der Waals surface area contributed by atoms with Crippen LogP contribution in [0.2, 0.25) is 5.02 Å². The largest absolute Gasteiger partial charge is 0.452 e. The molecule has 0 aliphatic heterocycles. The summed E-state index contributed by atoms with van der Waals surface area (Å²) in [5.74, 6) is -0.901. The number of rotatable bonds is 5. The number of para-hydroxylation sites is 1. The topological polar surface area (TPSA) is 68.3 Å². The fourth-order valence-corrected chi connectivity index (χ4v) is 2.70. The van der Waals surface area contributed by atoms with Gasteiger partial charge in [0.2, 0.25) is 0 Å². The number of aromatic nitrogens is 1. The lowest BCUT2D eigenvalue weighted by Crippen LogP contribution is -2.28. The number of fused-ring (bicyclic) bond motifs is 1. The maximum Gasteiger partial charge on any atom is 0.339 e. The van der Waals surface area contributed by atoms with Crippen molar-refractivity contribution in [2.45, 2.75) is 6.92 Å². The van der Waals surface area contributed by atoms with Crippen molar-refractivity contribution >= 4 is 34.4 Å². The number of carbonyl (C=O) groups excluding carboxylic acids is 2. The Hall–Kier alpha value is -2.92. The molecule has 0 fully saturated rings. The third-order valence-electron chi connectivity index (χ3n) is 3.78. The van der Waals surface area contributed by atoms with Crippen LogP contribution in [0.3, 0.4) is 0 Å². The minimum absolute atomic E-state index is 0.320. The lowest BCUT2D eigenvalue weighted by molar-refractivity contribution is -0.124. The van der Waals surface area contributed by atoms with Gasteiger partial charge in [-0.05, 0) is 31.2 Å². The summed E-state index contributed by atoms with van der Waals surface area (Å²) in [5.41, 5.74) is 2.50. The molecule has 0 atom stereocenters. The van der Waals surface area contributed by atoms with Crippen molar-refractivity contribution in [1.82, 2.24) is 10.3 Å². The van der Waals surface area contributed by atoms with E-state index in [2.05, 4.69) is 10.3 Å². The molecule has 3 aromatic rings. The van der Waals surface area contributed by atoms with Crippen molar-refractivity contribution < 1.29 is 14.3 Å². The zero-order valence-electron chi connectivity index (χ0n) is 14.2. The first kappa shape index (κ1) is 17.9. The van der Waals surface area contributed by atoms with Gasteiger partial charge < -0.3 is 10.1 Å². The summed E-state index contributed by atoms with van der Waals surface area (Å²) in [6, 6.07) is 16.2. The van der Waals surface area contributed by atoms with Crippen molar-refractivity contribution in [3.63, 3.8) is 0 Å². The van der Waals surface area contributed by atoms with Gasteiger partial charge >= 0.3 is 5.97 Å². The van der Waals surface area contributed by atoms with E-state index < -0.39 is 5.97 Å². The predicted molar refractivity (Wildman–Crippen MR) is 101 cm³/mol. The molecule has 0 aliphatic carbocycles. The molecule has 0 saturated heterocycles. The fraction of sp³-hybridized carbons (Fsp3) is 0.150. The van der Waals surface area contributed by atoms with Crippen LogP contribution in [0.15, 0.2) is 54.6 Å². The molecule has 0 bridgehead atoms. The van der Waals surface area contributed by atoms with Crippen molar-refractivity contribution in [2.75, 3.05) is 13.2 Å². The van der Waals surface area contributed by atoms with Crippen LogP contribution in [0.1, 0.15) is 17.3 Å². The highest BCUT2D eigenvalue weighted by atomic mass is 35.5. The third kappa shape index (κ3) is 4.00. The summed E-state index contributed by atoms with van der Waals surface area (Å²) >= 11 is 5.94. The monoisotopic (exact) mass is 368 g/mol. The molecule has 2 aromatic carbocycles. The van der Waals surface area contributed by atoms with E-state index in [0.29, 0.717) is 33.7 Å². The van der Waals surface area contributed by atoms with Crippen LogP contribution in [0, 0.1) is 0 Å². The number of hydrogen-bond acceptors (Lipinski definition) is 4. The van der Waals surface area contributed by atoms with Crippen LogP contribution in [0.25, 0.3) is 22.2 Å². The van der Waals surface area contributed by atoms with E-state index in [-0.39, 0.29) is 12.5 Å². The maximum atomic E-state index is 12.6. The zero-order chi connectivity index (χ0) is 18.5. The molecule has 1 N–H and O–H groups in total. The number of pyridine rings is 1. The Morgan fingerprint density at radius 2 is 1.85 bits per heavy atom. The molecule has 0 saturated carbocycles. The number of likely N-dealkylation sites (N-methyl/N-ethyl adjacent to an activating group) is 1. The van der Waals surface area contributed by atoms with Gasteiger partial charge in [-0.1, -0.05) is 41.9 Å². The van der Waals surface area contributed by atoms with Crippen LogP contribution < -0.4 is 5.32 Å². The van der Waals surface area contributed by atoms with Gasteiger partial charge in [0.15, 0.2) is 6.61 Å². The summed E-state index contributed by atoms with van der Waals surface area (Å²) in [5, 5.41) is 3.88. The van der Waals surface area contributed by atoms with Gasteiger partial charge in [0.1, 0.15) is 0 Å². The first-order chi connectivity index (χ1) is 12.6. The molecular weight excluding hydrogens is 352 g/mol. The molecule has 26 heavy (non-hydrogen) atoms.